The first kappa shape index (κ1) is 20.5. The highest BCUT2D eigenvalue weighted by Gasteiger charge is 2.27. The third kappa shape index (κ3) is 5.05. The second kappa shape index (κ2) is 8.95. The van der Waals surface area contributed by atoms with Crippen LogP contribution in [0.2, 0.25) is 5.02 Å². The zero-order valence-corrected chi connectivity index (χ0v) is 17.7. The zero-order valence-electron chi connectivity index (χ0n) is 16.1. The largest absolute Gasteiger partial charge is 0.352 e. The Morgan fingerprint density at radius 1 is 0.900 bits per heavy atom. The quantitative estimate of drug-likeness (QED) is 0.624. The predicted octanol–water partition coefficient (Wildman–Crippen LogP) is 2.92. The van der Waals surface area contributed by atoms with Crippen LogP contribution in [-0.4, -0.2) is 54.1 Å². The average Bonchev–Trinajstić information content (AvgIpc) is 2.77. The van der Waals surface area contributed by atoms with E-state index in [4.69, 9.17) is 11.6 Å². The Kier molecular flexibility index (Phi) is 6.12. The summed E-state index contributed by atoms with van der Waals surface area (Å²) in [6, 6.07) is 14.3. The van der Waals surface area contributed by atoms with Crippen molar-refractivity contribution < 1.29 is 8.42 Å². The average molecular weight is 445 g/mol. The number of nitrogens with zero attached hydrogens (tertiary/aromatic N) is 5. The molecule has 0 spiro atoms. The molecular weight excluding hydrogens is 424 g/mol. The summed E-state index contributed by atoms with van der Waals surface area (Å²) in [5.41, 5.74) is 1.61. The molecule has 10 heteroatoms. The molecule has 1 fully saturated rings. The van der Waals surface area contributed by atoms with Gasteiger partial charge in [-0.2, -0.15) is 4.31 Å². The van der Waals surface area contributed by atoms with Crippen LogP contribution in [0.15, 0.2) is 60.9 Å². The fraction of sp³-hybridized carbons (Fsp3) is 0.250. The van der Waals surface area contributed by atoms with Crippen LogP contribution in [-0.2, 0) is 15.8 Å². The van der Waals surface area contributed by atoms with Crippen molar-refractivity contribution in [1.29, 1.82) is 0 Å². The topological polar surface area (TPSA) is 91.3 Å². The standard InChI is InChI=1S/C20H21ClN6O2S/c21-17-3-1-16(2-4-17)15-30(28,29)27-13-11-26(12-14-27)20-6-5-19(24-25-20)23-18-7-9-22-10-8-18/h1-10H,11-15H2,(H,22,23,24). The van der Waals surface area contributed by atoms with Gasteiger partial charge in [0.15, 0.2) is 11.6 Å². The molecule has 3 heterocycles. The molecule has 0 unspecified atom stereocenters. The Balaban J connectivity index is 1.34. The molecule has 8 nitrogen and oxygen atoms in total. The number of piperazine rings is 1. The molecule has 1 aliphatic rings. The summed E-state index contributed by atoms with van der Waals surface area (Å²) in [6.07, 6.45) is 3.40. The molecule has 4 rings (SSSR count). The molecule has 0 atom stereocenters. The minimum Gasteiger partial charge on any atom is -0.352 e. The van der Waals surface area contributed by atoms with E-state index in [1.54, 1.807) is 36.7 Å². The first-order chi connectivity index (χ1) is 14.5. The molecule has 3 aromatic rings. The maximum absolute atomic E-state index is 12.7. The molecule has 1 N–H and O–H groups in total. The van der Waals surface area contributed by atoms with Crippen LogP contribution in [0.25, 0.3) is 0 Å². The maximum Gasteiger partial charge on any atom is 0.218 e. The van der Waals surface area contributed by atoms with E-state index in [1.807, 2.05) is 29.2 Å². The van der Waals surface area contributed by atoms with Crippen LogP contribution < -0.4 is 10.2 Å². The highest BCUT2D eigenvalue weighted by Crippen LogP contribution is 2.20. The van der Waals surface area contributed by atoms with Gasteiger partial charge in [0, 0.05) is 49.3 Å². The number of hydrogen-bond acceptors (Lipinski definition) is 7. The van der Waals surface area contributed by atoms with E-state index in [1.165, 1.54) is 4.31 Å². The lowest BCUT2D eigenvalue weighted by Crippen LogP contribution is -2.49. The molecule has 30 heavy (non-hydrogen) atoms. The molecule has 1 aliphatic heterocycles. The fourth-order valence-corrected chi connectivity index (χ4v) is 4.86. The number of benzene rings is 1. The van der Waals surface area contributed by atoms with Gasteiger partial charge in [-0.3, -0.25) is 4.98 Å². The van der Waals surface area contributed by atoms with Gasteiger partial charge in [0.2, 0.25) is 10.0 Å². The lowest BCUT2D eigenvalue weighted by molar-refractivity contribution is 0.383. The van der Waals surface area contributed by atoms with Crippen LogP contribution in [0.1, 0.15) is 5.56 Å². The van der Waals surface area contributed by atoms with Crippen LogP contribution >= 0.6 is 11.6 Å². The number of pyridine rings is 1. The number of sulfonamides is 1. The summed E-state index contributed by atoms with van der Waals surface area (Å²) < 4.78 is 27.0. The summed E-state index contributed by atoms with van der Waals surface area (Å²) in [5.74, 6) is 1.33. The van der Waals surface area contributed by atoms with Crippen molar-refractivity contribution in [3.05, 3.63) is 71.5 Å². The SMILES string of the molecule is O=S(=O)(Cc1ccc(Cl)cc1)N1CCN(c2ccc(Nc3ccncc3)nn2)CC1. The van der Waals surface area contributed by atoms with Crippen molar-refractivity contribution in [2.75, 3.05) is 36.4 Å². The molecule has 2 aromatic heterocycles. The second-order valence-electron chi connectivity index (χ2n) is 6.91. The van der Waals surface area contributed by atoms with E-state index in [2.05, 4.69) is 20.5 Å². The van der Waals surface area contributed by atoms with Gasteiger partial charge in [0.1, 0.15) is 0 Å². The number of aromatic nitrogens is 3. The lowest BCUT2D eigenvalue weighted by Gasteiger charge is -2.34. The molecule has 1 saturated heterocycles. The monoisotopic (exact) mass is 444 g/mol. The van der Waals surface area contributed by atoms with E-state index in [0.717, 1.165) is 17.1 Å². The van der Waals surface area contributed by atoms with Crippen molar-refractivity contribution in [2.45, 2.75) is 5.75 Å². The summed E-state index contributed by atoms with van der Waals surface area (Å²) in [6.45, 7) is 1.94. The van der Waals surface area contributed by atoms with Gasteiger partial charge in [0.25, 0.3) is 0 Å². The third-order valence-corrected chi connectivity index (χ3v) is 6.92. The molecule has 156 valence electrons. The minimum atomic E-state index is -3.38. The Morgan fingerprint density at radius 2 is 1.60 bits per heavy atom. The van der Waals surface area contributed by atoms with E-state index in [0.29, 0.717) is 37.0 Å². The molecule has 0 saturated carbocycles. The maximum atomic E-state index is 12.7. The normalized spacial score (nSPS) is 15.2. The van der Waals surface area contributed by atoms with Gasteiger partial charge in [-0.25, -0.2) is 8.42 Å². The van der Waals surface area contributed by atoms with Crippen molar-refractivity contribution in [3.63, 3.8) is 0 Å². The molecule has 0 aliphatic carbocycles. The first-order valence-corrected chi connectivity index (χ1v) is 11.5. The number of nitrogens with one attached hydrogen (secondary N) is 1. The molecule has 1 aromatic carbocycles. The first-order valence-electron chi connectivity index (χ1n) is 9.48. The van der Waals surface area contributed by atoms with Crippen molar-refractivity contribution in [2.24, 2.45) is 0 Å². The van der Waals surface area contributed by atoms with E-state index < -0.39 is 10.0 Å². The van der Waals surface area contributed by atoms with E-state index >= 15 is 0 Å². The minimum absolute atomic E-state index is 0.0284. The van der Waals surface area contributed by atoms with Crippen LogP contribution in [0.4, 0.5) is 17.3 Å². The Hall–Kier alpha value is -2.75. The number of rotatable bonds is 6. The van der Waals surface area contributed by atoms with Gasteiger partial charge in [-0.1, -0.05) is 23.7 Å². The van der Waals surface area contributed by atoms with E-state index in [-0.39, 0.29) is 5.75 Å². The van der Waals surface area contributed by atoms with Crippen molar-refractivity contribution in [1.82, 2.24) is 19.5 Å². The lowest BCUT2D eigenvalue weighted by atomic mass is 10.2. The summed E-state index contributed by atoms with van der Waals surface area (Å²) in [7, 11) is -3.38. The van der Waals surface area contributed by atoms with Crippen molar-refractivity contribution >= 4 is 38.9 Å². The fourth-order valence-electron chi connectivity index (χ4n) is 3.22. The van der Waals surface area contributed by atoms with Crippen molar-refractivity contribution in [3.8, 4) is 0 Å². The summed E-state index contributed by atoms with van der Waals surface area (Å²) in [5, 5.41) is 12.2. The summed E-state index contributed by atoms with van der Waals surface area (Å²) >= 11 is 5.87. The van der Waals surface area contributed by atoms with Gasteiger partial charge in [-0.15, -0.1) is 10.2 Å². The van der Waals surface area contributed by atoms with Gasteiger partial charge >= 0.3 is 0 Å². The van der Waals surface area contributed by atoms with Crippen LogP contribution in [0.3, 0.4) is 0 Å². The van der Waals surface area contributed by atoms with Gasteiger partial charge < -0.3 is 10.2 Å². The number of halogens is 1. The molecule has 0 bridgehead atoms. The van der Waals surface area contributed by atoms with Gasteiger partial charge in [-0.05, 0) is 42.0 Å². The Labute approximate surface area is 180 Å². The number of hydrogen-bond donors (Lipinski definition) is 1. The highest BCUT2D eigenvalue weighted by atomic mass is 35.5. The highest BCUT2D eigenvalue weighted by molar-refractivity contribution is 7.88. The van der Waals surface area contributed by atoms with Crippen LogP contribution in [0, 0.1) is 0 Å². The predicted molar refractivity (Wildman–Crippen MR) is 117 cm³/mol. The second-order valence-corrected chi connectivity index (χ2v) is 9.31. The van der Waals surface area contributed by atoms with E-state index in [9.17, 15) is 8.42 Å². The molecule has 0 amide bonds. The van der Waals surface area contributed by atoms with Crippen LogP contribution in [0.5, 0.6) is 0 Å². The number of anilines is 3. The molecular formula is C20H21ClN6O2S. The third-order valence-electron chi connectivity index (χ3n) is 4.82. The smallest absolute Gasteiger partial charge is 0.218 e. The Morgan fingerprint density at radius 3 is 2.23 bits per heavy atom. The Bertz CT molecular complexity index is 1070. The molecule has 0 radical (unpaired) electrons. The summed E-state index contributed by atoms with van der Waals surface area (Å²) in [4.78, 5) is 6.02. The van der Waals surface area contributed by atoms with Gasteiger partial charge in [0.05, 0.1) is 5.75 Å². The zero-order chi connectivity index (χ0) is 21.0.